The van der Waals surface area contributed by atoms with Crippen LogP contribution in [0.25, 0.3) is 0 Å². The average molecular weight is 184 g/mol. The molecule has 0 saturated carbocycles. The van der Waals surface area contributed by atoms with Crippen molar-refractivity contribution in [3.05, 3.63) is 0 Å². The molecule has 1 saturated heterocycles. The van der Waals surface area contributed by atoms with Crippen LogP contribution in [0.2, 0.25) is 0 Å². The monoisotopic (exact) mass is 184 g/mol. The van der Waals surface area contributed by atoms with Gasteiger partial charge in [-0.15, -0.1) is 0 Å². The highest BCUT2D eigenvalue weighted by atomic mass is 15.2. The van der Waals surface area contributed by atoms with Crippen LogP contribution in [0.15, 0.2) is 0 Å². The van der Waals surface area contributed by atoms with Crippen LogP contribution in [0.5, 0.6) is 0 Å². The number of nitrogens with two attached hydrogens (primary N) is 1. The molecular formula is C11H24N2. The maximum absolute atomic E-state index is 5.58. The van der Waals surface area contributed by atoms with Gasteiger partial charge in [-0.25, -0.2) is 0 Å². The van der Waals surface area contributed by atoms with Crippen molar-refractivity contribution in [2.75, 3.05) is 13.1 Å². The lowest BCUT2D eigenvalue weighted by Gasteiger charge is -2.40. The van der Waals surface area contributed by atoms with Gasteiger partial charge in [-0.2, -0.15) is 0 Å². The minimum absolute atomic E-state index is 0.674. The Morgan fingerprint density at radius 1 is 1.46 bits per heavy atom. The summed E-state index contributed by atoms with van der Waals surface area (Å²) >= 11 is 0. The number of nitrogens with zero attached hydrogens (tertiary/aromatic N) is 1. The SMILES string of the molecule is CC1CCN(C(C)CCN)C(C)C1. The summed E-state index contributed by atoms with van der Waals surface area (Å²) in [5.41, 5.74) is 5.58. The molecule has 0 aromatic carbocycles. The number of piperidine rings is 1. The van der Waals surface area contributed by atoms with Crippen LogP contribution in [0.4, 0.5) is 0 Å². The van der Waals surface area contributed by atoms with Gasteiger partial charge in [0.1, 0.15) is 0 Å². The van der Waals surface area contributed by atoms with Crippen LogP contribution >= 0.6 is 0 Å². The second kappa shape index (κ2) is 4.97. The van der Waals surface area contributed by atoms with Gasteiger partial charge in [-0.05, 0) is 52.1 Å². The summed E-state index contributed by atoms with van der Waals surface area (Å²) in [5, 5.41) is 0. The third-order valence-corrected chi connectivity index (χ3v) is 3.34. The first-order valence-electron chi connectivity index (χ1n) is 5.61. The molecule has 0 aliphatic carbocycles. The van der Waals surface area contributed by atoms with Crippen LogP contribution < -0.4 is 5.73 Å². The zero-order chi connectivity index (χ0) is 9.84. The van der Waals surface area contributed by atoms with E-state index in [2.05, 4.69) is 25.7 Å². The highest BCUT2D eigenvalue weighted by Gasteiger charge is 2.25. The van der Waals surface area contributed by atoms with Crippen molar-refractivity contribution in [3.63, 3.8) is 0 Å². The Morgan fingerprint density at radius 2 is 2.15 bits per heavy atom. The second-order valence-electron chi connectivity index (χ2n) is 4.64. The number of likely N-dealkylation sites (tertiary alicyclic amines) is 1. The predicted molar refractivity (Wildman–Crippen MR) is 57.7 cm³/mol. The summed E-state index contributed by atoms with van der Waals surface area (Å²) < 4.78 is 0. The summed E-state index contributed by atoms with van der Waals surface area (Å²) in [6.45, 7) is 9.10. The Labute approximate surface area is 82.5 Å². The molecule has 2 N–H and O–H groups in total. The third kappa shape index (κ3) is 2.96. The number of rotatable bonds is 3. The molecule has 1 fully saturated rings. The van der Waals surface area contributed by atoms with Crippen molar-refractivity contribution in [2.45, 2.75) is 52.1 Å². The summed E-state index contributed by atoms with van der Waals surface area (Å²) in [5.74, 6) is 0.913. The highest BCUT2D eigenvalue weighted by molar-refractivity contribution is 4.80. The fraction of sp³-hybridized carbons (Fsp3) is 1.00. The fourth-order valence-corrected chi connectivity index (χ4v) is 2.49. The number of hydrogen-bond acceptors (Lipinski definition) is 2. The van der Waals surface area contributed by atoms with E-state index in [1.807, 2.05) is 0 Å². The molecule has 2 nitrogen and oxygen atoms in total. The van der Waals surface area contributed by atoms with Crippen molar-refractivity contribution < 1.29 is 0 Å². The maximum atomic E-state index is 5.58. The molecule has 2 heteroatoms. The van der Waals surface area contributed by atoms with Gasteiger partial charge in [0, 0.05) is 12.1 Å². The molecule has 1 aliphatic rings. The molecule has 1 aliphatic heterocycles. The lowest BCUT2D eigenvalue weighted by molar-refractivity contribution is 0.0865. The molecule has 0 aromatic heterocycles. The first kappa shape index (κ1) is 11.0. The smallest absolute Gasteiger partial charge is 0.00817 e. The molecule has 3 unspecified atom stereocenters. The van der Waals surface area contributed by atoms with E-state index in [1.165, 1.54) is 19.4 Å². The Morgan fingerprint density at radius 3 is 2.69 bits per heavy atom. The Balaban J connectivity index is 2.40. The Bertz CT molecular complexity index is 143. The standard InChI is InChI=1S/C11H24N2/c1-9-5-7-13(11(3)8-9)10(2)4-6-12/h9-11H,4-8,12H2,1-3H3. The van der Waals surface area contributed by atoms with E-state index in [0.717, 1.165) is 24.9 Å². The van der Waals surface area contributed by atoms with E-state index in [4.69, 9.17) is 5.73 Å². The van der Waals surface area contributed by atoms with Gasteiger partial charge in [0.15, 0.2) is 0 Å². The van der Waals surface area contributed by atoms with E-state index in [0.29, 0.717) is 6.04 Å². The van der Waals surface area contributed by atoms with Crippen LogP contribution in [0.1, 0.15) is 40.0 Å². The highest BCUT2D eigenvalue weighted by Crippen LogP contribution is 2.24. The van der Waals surface area contributed by atoms with Gasteiger partial charge in [0.2, 0.25) is 0 Å². The first-order valence-corrected chi connectivity index (χ1v) is 5.61. The van der Waals surface area contributed by atoms with Gasteiger partial charge >= 0.3 is 0 Å². The summed E-state index contributed by atoms with van der Waals surface area (Å²) in [4.78, 5) is 2.62. The summed E-state index contributed by atoms with van der Waals surface area (Å²) in [6, 6.07) is 1.43. The largest absolute Gasteiger partial charge is 0.330 e. The van der Waals surface area contributed by atoms with E-state index in [1.54, 1.807) is 0 Å². The van der Waals surface area contributed by atoms with Crippen LogP contribution in [0, 0.1) is 5.92 Å². The molecule has 13 heavy (non-hydrogen) atoms. The van der Waals surface area contributed by atoms with Gasteiger partial charge in [0.05, 0.1) is 0 Å². The van der Waals surface area contributed by atoms with Crippen molar-refractivity contribution >= 4 is 0 Å². The third-order valence-electron chi connectivity index (χ3n) is 3.34. The summed E-state index contributed by atoms with van der Waals surface area (Å²) in [6.07, 6.45) is 3.85. The van der Waals surface area contributed by atoms with E-state index in [9.17, 15) is 0 Å². The quantitative estimate of drug-likeness (QED) is 0.725. The van der Waals surface area contributed by atoms with Crippen molar-refractivity contribution in [2.24, 2.45) is 11.7 Å². The van der Waals surface area contributed by atoms with Crippen LogP contribution in [-0.2, 0) is 0 Å². The molecular weight excluding hydrogens is 160 g/mol. The van der Waals surface area contributed by atoms with Crippen molar-refractivity contribution in [1.29, 1.82) is 0 Å². The van der Waals surface area contributed by atoms with Gasteiger partial charge < -0.3 is 5.73 Å². The molecule has 1 heterocycles. The van der Waals surface area contributed by atoms with Gasteiger partial charge in [-0.3, -0.25) is 4.90 Å². The molecule has 0 spiro atoms. The minimum Gasteiger partial charge on any atom is -0.330 e. The van der Waals surface area contributed by atoms with Crippen LogP contribution in [0.3, 0.4) is 0 Å². The first-order chi connectivity index (χ1) is 6.15. The minimum atomic E-state index is 0.674. The van der Waals surface area contributed by atoms with E-state index in [-0.39, 0.29) is 0 Å². The van der Waals surface area contributed by atoms with Crippen molar-refractivity contribution in [1.82, 2.24) is 4.90 Å². The molecule has 78 valence electrons. The lowest BCUT2D eigenvalue weighted by Crippen LogP contribution is -2.46. The van der Waals surface area contributed by atoms with E-state index < -0.39 is 0 Å². The Kier molecular flexibility index (Phi) is 4.20. The zero-order valence-electron chi connectivity index (χ0n) is 9.29. The molecule has 0 radical (unpaired) electrons. The second-order valence-corrected chi connectivity index (χ2v) is 4.64. The van der Waals surface area contributed by atoms with Gasteiger partial charge in [0.25, 0.3) is 0 Å². The number of hydrogen-bond donors (Lipinski definition) is 1. The molecule has 0 aromatic rings. The van der Waals surface area contributed by atoms with Gasteiger partial charge in [-0.1, -0.05) is 6.92 Å². The summed E-state index contributed by atoms with van der Waals surface area (Å²) in [7, 11) is 0. The molecule has 1 rings (SSSR count). The molecule has 3 atom stereocenters. The lowest BCUT2D eigenvalue weighted by atomic mass is 9.92. The Hall–Kier alpha value is -0.0800. The molecule has 0 amide bonds. The topological polar surface area (TPSA) is 29.3 Å². The predicted octanol–water partition coefficient (Wildman–Crippen LogP) is 1.84. The fourth-order valence-electron chi connectivity index (χ4n) is 2.49. The zero-order valence-corrected chi connectivity index (χ0v) is 9.29. The maximum Gasteiger partial charge on any atom is 0.00817 e. The van der Waals surface area contributed by atoms with Crippen LogP contribution in [-0.4, -0.2) is 30.1 Å². The normalized spacial score (nSPS) is 33.2. The van der Waals surface area contributed by atoms with E-state index >= 15 is 0 Å². The van der Waals surface area contributed by atoms with Crippen molar-refractivity contribution in [3.8, 4) is 0 Å². The molecule has 0 bridgehead atoms. The average Bonchev–Trinajstić information content (AvgIpc) is 2.04.